The van der Waals surface area contributed by atoms with E-state index in [-0.39, 0.29) is 11.8 Å². The molecule has 2 nitrogen and oxygen atoms in total. The number of fused-ring (bicyclic) bond motifs is 5. The van der Waals surface area contributed by atoms with E-state index in [2.05, 4.69) is 37.8 Å². The minimum absolute atomic E-state index is 0.0693. The number of nitrogens with zero attached hydrogens (tertiary/aromatic N) is 1. The average Bonchev–Trinajstić information content (AvgIpc) is 3.07. The molecule has 0 fully saturated rings. The van der Waals surface area contributed by atoms with Gasteiger partial charge in [0.2, 0.25) is 0 Å². The lowest BCUT2D eigenvalue weighted by atomic mass is 9.77. The monoisotopic (exact) mass is 349 g/mol. The molecule has 0 aliphatic carbocycles. The quantitative estimate of drug-likeness (QED) is 0.522. The number of carbonyl (C=O) groups excluding carboxylic acids is 1. The number of para-hydroxylation sites is 1. The molecule has 2 heterocycles. The first-order valence-electron chi connectivity index (χ1n) is 9.22. The standard InChI is InChI=1S/C25H19NO/c1-17-9-8-13-20-23(17)25(2)21(16-15-18-10-4-3-5-11-18)19-12-6-7-14-22(19)26(25)24(20)27/h3-14,21H,1-2H3/t21-,25+/m1/s1. The predicted octanol–water partition coefficient (Wildman–Crippen LogP) is 5.02. The van der Waals surface area contributed by atoms with E-state index in [1.807, 2.05) is 65.6 Å². The molecule has 1 amide bonds. The van der Waals surface area contributed by atoms with E-state index in [4.69, 9.17) is 0 Å². The SMILES string of the molecule is Cc1cccc2c1[C@]1(C)[C@H](C#Cc3ccccc3)c3ccccc3N1C2=O. The normalized spacial score (nSPS) is 21.9. The van der Waals surface area contributed by atoms with Crippen molar-refractivity contribution in [2.45, 2.75) is 25.3 Å². The van der Waals surface area contributed by atoms with E-state index in [9.17, 15) is 4.79 Å². The van der Waals surface area contributed by atoms with Crippen molar-refractivity contribution in [1.29, 1.82) is 0 Å². The second-order valence-corrected chi connectivity index (χ2v) is 7.41. The number of hydrogen-bond acceptors (Lipinski definition) is 1. The van der Waals surface area contributed by atoms with Gasteiger partial charge in [-0.25, -0.2) is 0 Å². The van der Waals surface area contributed by atoms with E-state index in [1.54, 1.807) is 0 Å². The molecule has 0 spiro atoms. The van der Waals surface area contributed by atoms with E-state index in [0.29, 0.717) is 0 Å². The minimum atomic E-state index is -0.483. The summed E-state index contributed by atoms with van der Waals surface area (Å²) in [4.78, 5) is 15.3. The Hall–Kier alpha value is -3.31. The molecule has 27 heavy (non-hydrogen) atoms. The van der Waals surface area contributed by atoms with Crippen molar-refractivity contribution < 1.29 is 4.79 Å². The van der Waals surface area contributed by atoms with Gasteiger partial charge in [0.15, 0.2) is 0 Å². The van der Waals surface area contributed by atoms with Crippen LogP contribution in [0.15, 0.2) is 72.8 Å². The molecule has 5 rings (SSSR count). The molecular formula is C25H19NO. The molecule has 3 aromatic carbocycles. The van der Waals surface area contributed by atoms with Crippen LogP contribution in [-0.4, -0.2) is 5.91 Å². The van der Waals surface area contributed by atoms with E-state index < -0.39 is 5.54 Å². The highest BCUT2D eigenvalue weighted by Gasteiger charge is 2.57. The van der Waals surface area contributed by atoms with Crippen LogP contribution >= 0.6 is 0 Å². The molecular weight excluding hydrogens is 330 g/mol. The fourth-order valence-corrected chi connectivity index (χ4v) is 4.73. The van der Waals surface area contributed by atoms with E-state index >= 15 is 0 Å². The van der Waals surface area contributed by atoms with Gasteiger partial charge in [-0.1, -0.05) is 60.4 Å². The van der Waals surface area contributed by atoms with Crippen molar-refractivity contribution in [2.24, 2.45) is 0 Å². The lowest BCUT2D eigenvalue weighted by Crippen LogP contribution is -2.41. The second kappa shape index (κ2) is 5.59. The molecule has 0 N–H and O–H groups in total. The van der Waals surface area contributed by atoms with Gasteiger partial charge in [-0.3, -0.25) is 9.69 Å². The highest BCUT2D eigenvalue weighted by Crippen LogP contribution is 2.58. The fraction of sp³-hybridized carbons (Fsp3) is 0.160. The summed E-state index contributed by atoms with van der Waals surface area (Å²) < 4.78 is 0. The Bertz CT molecular complexity index is 1140. The Kier molecular flexibility index (Phi) is 3.29. The maximum atomic E-state index is 13.3. The zero-order chi connectivity index (χ0) is 18.6. The van der Waals surface area contributed by atoms with Crippen LogP contribution in [0.4, 0.5) is 5.69 Å². The minimum Gasteiger partial charge on any atom is -0.296 e. The van der Waals surface area contributed by atoms with Crippen molar-refractivity contribution in [1.82, 2.24) is 0 Å². The number of hydrogen-bond donors (Lipinski definition) is 0. The third kappa shape index (κ3) is 2.06. The van der Waals surface area contributed by atoms with Gasteiger partial charge in [0.05, 0.1) is 11.5 Å². The highest BCUT2D eigenvalue weighted by molar-refractivity contribution is 6.14. The summed E-state index contributed by atoms with van der Waals surface area (Å²) in [6.45, 7) is 4.25. The van der Waals surface area contributed by atoms with Crippen LogP contribution in [-0.2, 0) is 5.54 Å². The molecule has 0 radical (unpaired) electrons. The number of rotatable bonds is 0. The summed E-state index contributed by atoms with van der Waals surface area (Å²) in [7, 11) is 0. The van der Waals surface area contributed by atoms with Crippen molar-refractivity contribution in [2.75, 3.05) is 4.90 Å². The summed E-state index contributed by atoms with van der Waals surface area (Å²) in [6.07, 6.45) is 0. The lowest BCUT2D eigenvalue weighted by Gasteiger charge is -2.33. The first kappa shape index (κ1) is 15.9. The van der Waals surface area contributed by atoms with Crippen LogP contribution in [0, 0.1) is 18.8 Å². The first-order valence-corrected chi connectivity index (χ1v) is 9.22. The fourth-order valence-electron chi connectivity index (χ4n) is 4.73. The van der Waals surface area contributed by atoms with Crippen LogP contribution in [0.5, 0.6) is 0 Å². The van der Waals surface area contributed by atoms with Crippen molar-refractivity contribution in [3.63, 3.8) is 0 Å². The number of anilines is 1. The molecule has 3 aromatic rings. The van der Waals surface area contributed by atoms with Crippen LogP contribution in [0.1, 0.15) is 45.5 Å². The van der Waals surface area contributed by atoms with Gasteiger partial charge in [-0.2, -0.15) is 0 Å². The summed E-state index contributed by atoms with van der Waals surface area (Å²) in [5.41, 5.74) is 5.68. The summed E-state index contributed by atoms with van der Waals surface area (Å²) >= 11 is 0. The molecule has 2 heteroatoms. The Morgan fingerprint density at radius 1 is 0.926 bits per heavy atom. The van der Waals surface area contributed by atoms with Gasteiger partial charge in [-0.15, -0.1) is 0 Å². The molecule has 2 aliphatic rings. The Labute approximate surface area is 159 Å². The number of benzene rings is 3. The van der Waals surface area contributed by atoms with Gasteiger partial charge in [0.1, 0.15) is 0 Å². The van der Waals surface area contributed by atoms with Crippen LogP contribution in [0.25, 0.3) is 0 Å². The topological polar surface area (TPSA) is 20.3 Å². The molecule has 0 saturated carbocycles. The predicted molar refractivity (Wildman–Crippen MR) is 108 cm³/mol. The van der Waals surface area contributed by atoms with Gasteiger partial charge in [0, 0.05) is 16.8 Å². The Morgan fingerprint density at radius 3 is 2.48 bits per heavy atom. The van der Waals surface area contributed by atoms with Crippen LogP contribution in [0.3, 0.4) is 0 Å². The van der Waals surface area contributed by atoms with Crippen LogP contribution < -0.4 is 4.90 Å². The van der Waals surface area contributed by atoms with Gasteiger partial charge in [0.25, 0.3) is 5.91 Å². The molecule has 0 bridgehead atoms. The number of carbonyl (C=O) groups is 1. The van der Waals surface area contributed by atoms with E-state index in [1.165, 1.54) is 0 Å². The molecule has 2 aliphatic heterocycles. The Morgan fingerprint density at radius 2 is 1.67 bits per heavy atom. The van der Waals surface area contributed by atoms with Gasteiger partial charge in [-0.05, 0) is 54.8 Å². The maximum absolute atomic E-state index is 13.3. The Balaban J connectivity index is 1.76. The van der Waals surface area contributed by atoms with Gasteiger partial charge < -0.3 is 0 Å². The highest BCUT2D eigenvalue weighted by atomic mass is 16.2. The zero-order valence-electron chi connectivity index (χ0n) is 15.4. The summed E-state index contributed by atoms with van der Waals surface area (Å²) in [5.74, 6) is 6.86. The molecule has 0 aromatic heterocycles. The second-order valence-electron chi connectivity index (χ2n) is 7.41. The zero-order valence-corrected chi connectivity index (χ0v) is 15.4. The van der Waals surface area contributed by atoms with Crippen molar-refractivity contribution in [3.8, 4) is 11.8 Å². The first-order chi connectivity index (χ1) is 13.1. The third-order valence-corrected chi connectivity index (χ3v) is 5.86. The molecule has 0 saturated heterocycles. The maximum Gasteiger partial charge on any atom is 0.259 e. The van der Waals surface area contributed by atoms with E-state index in [0.717, 1.165) is 33.5 Å². The lowest BCUT2D eigenvalue weighted by molar-refractivity contribution is 0.0982. The smallest absolute Gasteiger partial charge is 0.259 e. The number of aryl methyl sites for hydroxylation is 1. The summed E-state index contributed by atoms with van der Waals surface area (Å²) in [5, 5.41) is 0. The van der Waals surface area contributed by atoms with Crippen molar-refractivity contribution in [3.05, 3.63) is 101 Å². The summed E-state index contributed by atoms with van der Waals surface area (Å²) in [6, 6.07) is 24.2. The average molecular weight is 349 g/mol. The molecule has 0 unspecified atom stereocenters. The largest absolute Gasteiger partial charge is 0.296 e. The van der Waals surface area contributed by atoms with Crippen molar-refractivity contribution >= 4 is 11.6 Å². The van der Waals surface area contributed by atoms with Gasteiger partial charge >= 0.3 is 0 Å². The number of amides is 1. The molecule has 130 valence electrons. The molecule has 2 atom stereocenters. The van der Waals surface area contributed by atoms with Crippen LogP contribution in [0.2, 0.25) is 0 Å². The third-order valence-electron chi connectivity index (χ3n) is 5.86.